The van der Waals surface area contributed by atoms with E-state index in [4.69, 9.17) is 9.47 Å². The lowest BCUT2D eigenvalue weighted by molar-refractivity contribution is -0.187. The SMILES string of the molecule is COc1ccc(CCN2C[C@H]3N(C(=O)CN(C)N3C(=O)NCc3ccc(F)cc3)[C@@H](c3ccccc3)C2=O)cc1OC. The van der Waals surface area contributed by atoms with Crippen molar-refractivity contribution in [3.63, 3.8) is 0 Å². The number of ether oxygens (including phenoxy) is 2. The first kappa shape index (κ1) is 28.9. The molecule has 1 N–H and O–H groups in total. The molecule has 0 unspecified atom stereocenters. The number of methoxy groups -OCH3 is 2. The molecule has 0 spiro atoms. The van der Waals surface area contributed by atoms with Gasteiger partial charge in [-0.25, -0.2) is 19.2 Å². The summed E-state index contributed by atoms with van der Waals surface area (Å²) in [6, 6.07) is 19.3. The monoisotopic (exact) mass is 575 g/mol. The Labute approximate surface area is 244 Å². The first-order valence-electron chi connectivity index (χ1n) is 13.7. The van der Waals surface area contributed by atoms with E-state index < -0.39 is 18.2 Å². The van der Waals surface area contributed by atoms with Gasteiger partial charge in [-0.2, -0.15) is 0 Å². The fourth-order valence-corrected chi connectivity index (χ4v) is 5.52. The average molecular weight is 576 g/mol. The van der Waals surface area contributed by atoms with Crippen molar-refractivity contribution in [3.8, 4) is 11.5 Å². The van der Waals surface area contributed by atoms with Gasteiger partial charge in [0.2, 0.25) is 11.8 Å². The van der Waals surface area contributed by atoms with Gasteiger partial charge < -0.3 is 24.6 Å². The number of urea groups is 1. The zero-order valence-corrected chi connectivity index (χ0v) is 23.8. The minimum atomic E-state index is -0.885. The minimum absolute atomic E-state index is 0.0667. The first-order chi connectivity index (χ1) is 20.3. The van der Waals surface area contributed by atoms with Gasteiger partial charge in [-0.15, -0.1) is 0 Å². The van der Waals surface area contributed by atoms with E-state index in [9.17, 15) is 18.8 Å². The van der Waals surface area contributed by atoms with E-state index in [-0.39, 0.29) is 37.3 Å². The second-order valence-electron chi connectivity index (χ2n) is 10.3. The summed E-state index contributed by atoms with van der Waals surface area (Å²) in [6.45, 7) is 0.608. The molecule has 3 aromatic rings. The molecule has 2 heterocycles. The molecular weight excluding hydrogens is 541 g/mol. The number of likely N-dealkylation sites (N-methyl/N-ethyl adjacent to an activating group) is 1. The van der Waals surface area contributed by atoms with Crippen LogP contribution >= 0.6 is 0 Å². The highest BCUT2D eigenvalue weighted by molar-refractivity contribution is 5.92. The second-order valence-corrected chi connectivity index (χ2v) is 10.3. The number of hydrogen-bond acceptors (Lipinski definition) is 6. The zero-order chi connectivity index (χ0) is 29.8. The number of halogens is 1. The molecule has 2 aliphatic rings. The third kappa shape index (κ3) is 5.87. The van der Waals surface area contributed by atoms with Crippen LogP contribution in [-0.2, 0) is 22.6 Å². The van der Waals surface area contributed by atoms with E-state index in [1.165, 1.54) is 22.0 Å². The number of carbonyl (C=O) groups is 3. The largest absolute Gasteiger partial charge is 0.493 e. The Morgan fingerprint density at radius 3 is 2.33 bits per heavy atom. The van der Waals surface area contributed by atoms with E-state index in [1.807, 2.05) is 48.5 Å². The maximum atomic E-state index is 14.0. The number of benzene rings is 3. The Hall–Kier alpha value is -4.64. The summed E-state index contributed by atoms with van der Waals surface area (Å²) in [5.74, 6) is 0.397. The van der Waals surface area contributed by atoms with Gasteiger partial charge in [-0.1, -0.05) is 48.5 Å². The Morgan fingerprint density at radius 2 is 1.64 bits per heavy atom. The molecule has 0 saturated carbocycles. The summed E-state index contributed by atoms with van der Waals surface area (Å²) >= 11 is 0. The van der Waals surface area contributed by atoms with Crippen LogP contribution in [0.5, 0.6) is 11.5 Å². The van der Waals surface area contributed by atoms with Crippen molar-refractivity contribution in [1.82, 2.24) is 25.1 Å². The lowest BCUT2D eigenvalue weighted by Crippen LogP contribution is -2.73. The smallest absolute Gasteiger partial charge is 0.334 e. The van der Waals surface area contributed by atoms with Crippen molar-refractivity contribution in [2.75, 3.05) is 40.9 Å². The standard InChI is InChI=1S/C31H34FN5O5/c1-34-20-28(38)36-27(37(34)31(40)33-18-22-9-12-24(32)13-10-22)19-35(30(39)29(36)23-7-5-4-6-8-23)16-15-21-11-14-25(41-2)26(17-21)42-3/h4-14,17,27,29H,15-16,18-20H2,1-3H3,(H,33,40)/t27-,29-/m0/s1. The van der Waals surface area contributed by atoms with Gasteiger partial charge in [0.25, 0.3) is 0 Å². The summed E-state index contributed by atoms with van der Waals surface area (Å²) in [4.78, 5) is 44.3. The predicted octanol–water partition coefficient (Wildman–Crippen LogP) is 3.20. The molecule has 220 valence electrons. The fourth-order valence-electron chi connectivity index (χ4n) is 5.52. The van der Waals surface area contributed by atoms with E-state index in [0.717, 1.165) is 11.1 Å². The summed E-state index contributed by atoms with van der Waals surface area (Å²) in [5, 5.41) is 5.96. The van der Waals surface area contributed by atoms with Gasteiger partial charge in [0.1, 0.15) is 18.0 Å². The van der Waals surface area contributed by atoms with Gasteiger partial charge in [-0.05, 0) is 47.4 Å². The number of fused-ring (bicyclic) bond motifs is 1. The number of nitrogens with one attached hydrogen (secondary N) is 1. The Morgan fingerprint density at radius 1 is 0.952 bits per heavy atom. The molecule has 10 nitrogen and oxygen atoms in total. The van der Waals surface area contributed by atoms with Crippen molar-refractivity contribution < 1.29 is 28.2 Å². The number of nitrogens with zero attached hydrogens (tertiary/aromatic N) is 4. The molecule has 0 aliphatic carbocycles. The first-order valence-corrected chi connectivity index (χ1v) is 13.7. The maximum Gasteiger partial charge on any atom is 0.334 e. The topological polar surface area (TPSA) is 94.7 Å². The maximum absolute atomic E-state index is 14.0. The summed E-state index contributed by atoms with van der Waals surface area (Å²) in [7, 11) is 4.82. The molecule has 11 heteroatoms. The number of piperazine rings is 1. The molecule has 4 amide bonds. The lowest BCUT2D eigenvalue weighted by atomic mass is 9.98. The molecule has 3 aromatic carbocycles. The molecule has 2 atom stereocenters. The van der Waals surface area contributed by atoms with Crippen LogP contribution in [-0.4, -0.2) is 84.7 Å². The molecule has 2 saturated heterocycles. The van der Waals surface area contributed by atoms with E-state index in [2.05, 4.69) is 5.32 Å². The van der Waals surface area contributed by atoms with Crippen LogP contribution in [0.1, 0.15) is 22.7 Å². The van der Waals surface area contributed by atoms with Gasteiger partial charge in [0.05, 0.1) is 27.3 Å². The number of amides is 4. The minimum Gasteiger partial charge on any atom is -0.493 e. The Balaban J connectivity index is 1.42. The third-order valence-electron chi connectivity index (χ3n) is 7.63. The highest BCUT2D eigenvalue weighted by Gasteiger charge is 2.51. The summed E-state index contributed by atoms with van der Waals surface area (Å²) in [5.41, 5.74) is 2.35. The van der Waals surface area contributed by atoms with Crippen molar-refractivity contribution in [1.29, 1.82) is 0 Å². The zero-order valence-electron chi connectivity index (χ0n) is 23.8. The second kappa shape index (κ2) is 12.5. The van der Waals surface area contributed by atoms with Crippen LogP contribution in [0.25, 0.3) is 0 Å². The molecule has 5 rings (SSSR count). The van der Waals surface area contributed by atoms with E-state index in [0.29, 0.717) is 30.0 Å². The van der Waals surface area contributed by atoms with E-state index in [1.54, 1.807) is 43.3 Å². The predicted molar refractivity (Wildman–Crippen MR) is 153 cm³/mol. The van der Waals surface area contributed by atoms with Crippen LogP contribution < -0.4 is 14.8 Å². The lowest BCUT2D eigenvalue weighted by Gasteiger charge is -2.54. The van der Waals surface area contributed by atoms with Crippen molar-refractivity contribution in [2.45, 2.75) is 25.2 Å². The Kier molecular flexibility index (Phi) is 8.58. The van der Waals surface area contributed by atoms with E-state index >= 15 is 0 Å². The van der Waals surface area contributed by atoms with Crippen LogP contribution in [0.15, 0.2) is 72.8 Å². The molecule has 2 aliphatic heterocycles. The van der Waals surface area contributed by atoms with Gasteiger partial charge in [0.15, 0.2) is 11.5 Å². The normalized spacial score (nSPS) is 19.0. The third-order valence-corrected chi connectivity index (χ3v) is 7.63. The van der Waals surface area contributed by atoms with Gasteiger partial charge >= 0.3 is 6.03 Å². The summed E-state index contributed by atoms with van der Waals surface area (Å²) in [6.07, 6.45) is -0.210. The fraction of sp³-hybridized carbons (Fsp3) is 0.323. The van der Waals surface area contributed by atoms with Crippen LogP contribution in [0.4, 0.5) is 9.18 Å². The highest BCUT2D eigenvalue weighted by atomic mass is 19.1. The molecule has 2 fully saturated rings. The number of rotatable bonds is 8. The molecule has 42 heavy (non-hydrogen) atoms. The Bertz CT molecular complexity index is 1440. The number of hydrazine groups is 1. The van der Waals surface area contributed by atoms with Crippen LogP contribution in [0.2, 0.25) is 0 Å². The summed E-state index contributed by atoms with van der Waals surface area (Å²) < 4.78 is 24.1. The molecule has 0 bridgehead atoms. The molecule has 0 aromatic heterocycles. The van der Waals surface area contributed by atoms with Gasteiger partial charge in [0, 0.05) is 20.1 Å². The quantitative estimate of drug-likeness (QED) is 0.444. The number of carbonyl (C=O) groups excluding carboxylic acids is 3. The van der Waals surface area contributed by atoms with Gasteiger partial charge in [-0.3, -0.25) is 9.59 Å². The van der Waals surface area contributed by atoms with Crippen molar-refractivity contribution in [2.24, 2.45) is 0 Å². The molecular formula is C31H34FN5O5. The average Bonchev–Trinajstić information content (AvgIpc) is 3.00. The number of hydrogen-bond donors (Lipinski definition) is 1. The van der Waals surface area contributed by atoms with Crippen molar-refractivity contribution >= 4 is 17.8 Å². The highest BCUT2D eigenvalue weighted by Crippen LogP contribution is 2.35. The van der Waals surface area contributed by atoms with Crippen LogP contribution in [0, 0.1) is 5.82 Å². The van der Waals surface area contributed by atoms with Crippen LogP contribution in [0.3, 0.4) is 0 Å². The van der Waals surface area contributed by atoms with Crippen molar-refractivity contribution in [3.05, 3.63) is 95.3 Å². The molecule has 0 radical (unpaired) electrons.